The van der Waals surface area contributed by atoms with Gasteiger partial charge in [-0.1, -0.05) is 24.3 Å². The van der Waals surface area contributed by atoms with Gasteiger partial charge in [-0.25, -0.2) is 0 Å². The van der Waals surface area contributed by atoms with Crippen LogP contribution < -0.4 is 5.32 Å². The average molecular weight is 191 g/mol. The van der Waals surface area contributed by atoms with Crippen LogP contribution in [0, 0.1) is 0 Å². The van der Waals surface area contributed by atoms with Gasteiger partial charge in [-0.05, 0) is 0 Å². The summed E-state index contributed by atoms with van der Waals surface area (Å²) in [7, 11) is 1.66. The third-order valence-corrected chi connectivity index (χ3v) is 2.76. The predicted octanol–water partition coefficient (Wildman–Crippen LogP) is 1.29. The molecule has 0 spiro atoms. The van der Waals surface area contributed by atoms with E-state index in [-0.39, 0.29) is 0 Å². The van der Waals surface area contributed by atoms with E-state index in [1.807, 2.05) is 24.3 Å². The number of aldehydes is 1. The summed E-state index contributed by atoms with van der Waals surface area (Å²) in [4.78, 5) is 10.8. The first-order chi connectivity index (χ1) is 6.82. The quantitative estimate of drug-likeness (QED) is 0.732. The third-order valence-electron chi connectivity index (χ3n) is 2.76. The van der Waals surface area contributed by atoms with E-state index < -0.39 is 5.72 Å². The lowest BCUT2D eigenvalue weighted by atomic mass is 9.89. The maximum absolute atomic E-state index is 10.8. The highest BCUT2D eigenvalue weighted by molar-refractivity contribution is 5.77. The van der Waals surface area contributed by atoms with Crippen LogP contribution in [0.4, 0.5) is 0 Å². The van der Waals surface area contributed by atoms with Gasteiger partial charge in [0.05, 0.1) is 0 Å². The summed E-state index contributed by atoms with van der Waals surface area (Å²) in [5, 5.41) is 3.22. The van der Waals surface area contributed by atoms with E-state index in [9.17, 15) is 4.79 Å². The molecule has 14 heavy (non-hydrogen) atoms. The number of benzene rings is 1. The Morgan fingerprint density at radius 1 is 1.50 bits per heavy atom. The lowest BCUT2D eigenvalue weighted by molar-refractivity contribution is -0.0974. The molecule has 1 aromatic carbocycles. The van der Waals surface area contributed by atoms with Crippen LogP contribution in [0.2, 0.25) is 0 Å². The van der Waals surface area contributed by atoms with Crippen LogP contribution >= 0.6 is 0 Å². The average Bonchev–Trinajstić information content (AvgIpc) is 2.18. The minimum Gasteiger partial charge on any atom is -0.360 e. The largest absolute Gasteiger partial charge is 0.360 e. The number of nitrogens with one attached hydrogen (secondary N) is 1. The molecule has 3 nitrogen and oxygen atoms in total. The van der Waals surface area contributed by atoms with Gasteiger partial charge in [0.15, 0.2) is 0 Å². The van der Waals surface area contributed by atoms with Gasteiger partial charge >= 0.3 is 0 Å². The first kappa shape index (κ1) is 9.37. The van der Waals surface area contributed by atoms with Gasteiger partial charge in [0.25, 0.3) is 0 Å². The summed E-state index contributed by atoms with van der Waals surface area (Å²) in [5.74, 6) is 0. The molecule has 0 saturated carbocycles. The fourth-order valence-corrected chi connectivity index (χ4v) is 1.83. The van der Waals surface area contributed by atoms with Crippen LogP contribution in [0.1, 0.15) is 22.3 Å². The fourth-order valence-electron chi connectivity index (χ4n) is 1.83. The summed E-state index contributed by atoms with van der Waals surface area (Å²) in [6.07, 6.45) is 1.78. The maximum Gasteiger partial charge on any atom is 0.150 e. The molecule has 0 unspecified atom stereocenters. The number of carbonyl (C=O) groups is 1. The lowest BCUT2D eigenvalue weighted by Crippen LogP contribution is -2.55. The minimum absolute atomic E-state index is 0.433. The standard InChI is InChI=1S/C11H13NO2/c1-14-11(6-7-12-11)10-5-3-2-4-9(10)8-13/h2-5,8,12H,6-7H2,1H3/t11-/m0/s1. The molecule has 74 valence electrons. The number of hydrogen-bond acceptors (Lipinski definition) is 3. The summed E-state index contributed by atoms with van der Waals surface area (Å²) < 4.78 is 5.43. The second kappa shape index (κ2) is 3.52. The second-order valence-electron chi connectivity index (χ2n) is 3.41. The van der Waals surface area contributed by atoms with Crippen molar-refractivity contribution in [3.8, 4) is 0 Å². The van der Waals surface area contributed by atoms with Gasteiger partial charge in [-0.15, -0.1) is 0 Å². The normalized spacial score (nSPS) is 25.5. The van der Waals surface area contributed by atoms with Crippen molar-refractivity contribution in [1.82, 2.24) is 5.32 Å². The van der Waals surface area contributed by atoms with Crippen molar-refractivity contribution >= 4 is 6.29 Å². The number of ether oxygens (including phenoxy) is 1. The van der Waals surface area contributed by atoms with Crippen molar-refractivity contribution < 1.29 is 9.53 Å². The zero-order chi connectivity index (χ0) is 10.0. The molecule has 1 saturated heterocycles. The Bertz CT molecular complexity index is 339. The van der Waals surface area contributed by atoms with Gasteiger partial charge in [-0.2, -0.15) is 0 Å². The van der Waals surface area contributed by atoms with Crippen molar-refractivity contribution in [1.29, 1.82) is 0 Å². The Balaban J connectivity index is 2.43. The maximum atomic E-state index is 10.8. The van der Waals surface area contributed by atoms with Gasteiger partial charge in [0.1, 0.15) is 12.0 Å². The van der Waals surface area contributed by atoms with Gasteiger partial charge in [0.2, 0.25) is 0 Å². The van der Waals surface area contributed by atoms with Crippen molar-refractivity contribution in [2.45, 2.75) is 12.1 Å². The van der Waals surface area contributed by atoms with Crippen molar-refractivity contribution in [3.63, 3.8) is 0 Å². The summed E-state index contributed by atoms with van der Waals surface area (Å²) in [5.41, 5.74) is 1.20. The van der Waals surface area contributed by atoms with E-state index in [0.29, 0.717) is 5.56 Å². The number of carbonyl (C=O) groups excluding carboxylic acids is 1. The first-order valence-corrected chi connectivity index (χ1v) is 4.67. The molecule has 1 N–H and O–H groups in total. The molecule has 2 rings (SSSR count). The van der Waals surface area contributed by atoms with Gasteiger partial charge in [0, 0.05) is 31.2 Å². The predicted molar refractivity (Wildman–Crippen MR) is 53.1 cm³/mol. The van der Waals surface area contributed by atoms with Crippen LogP contribution in [-0.4, -0.2) is 19.9 Å². The molecule has 0 aromatic heterocycles. The molecule has 3 heteroatoms. The monoisotopic (exact) mass is 191 g/mol. The van der Waals surface area contributed by atoms with E-state index in [4.69, 9.17) is 4.74 Å². The van der Waals surface area contributed by atoms with Crippen LogP contribution in [0.15, 0.2) is 24.3 Å². The number of methoxy groups -OCH3 is 1. The molecule has 0 aliphatic carbocycles. The molecule has 1 fully saturated rings. The molecular weight excluding hydrogens is 178 g/mol. The third kappa shape index (κ3) is 1.25. The Morgan fingerprint density at radius 3 is 2.71 bits per heavy atom. The number of rotatable bonds is 3. The van der Waals surface area contributed by atoms with E-state index >= 15 is 0 Å². The van der Waals surface area contributed by atoms with Crippen molar-refractivity contribution in [2.75, 3.05) is 13.7 Å². The van der Waals surface area contributed by atoms with Crippen LogP contribution in [-0.2, 0) is 10.5 Å². The second-order valence-corrected chi connectivity index (χ2v) is 3.41. The smallest absolute Gasteiger partial charge is 0.150 e. The molecule has 1 aliphatic rings. The Morgan fingerprint density at radius 2 is 2.21 bits per heavy atom. The summed E-state index contributed by atoms with van der Waals surface area (Å²) in [6.45, 7) is 0.932. The molecule has 0 amide bonds. The van der Waals surface area contributed by atoms with E-state index in [1.54, 1.807) is 7.11 Å². The molecule has 1 aliphatic heterocycles. The van der Waals surface area contributed by atoms with E-state index in [1.165, 1.54) is 0 Å². The lowest BCUT2D eigenvalue weighted by Gasteiger charge is -2.42. The SMILES string of the molecule is CO[C@]1(c2ccccc2C=O)CCN1. The zero-order valence-corrected chi connectivity index (χ0v) is 8.12. The Labute approximate surface area is 83.1 Å². The van der Waals surface area contributed by atoms with Crippen molar-refractivity contribution in [2.24, 2.45) is 0 Å². The molecule has 1 aromatic rings. The molecular formula is C11H13NO2. The van der Waals surface area contributed by atoms with Gasteiger partial charge < -0.3 is 4.74 Å². The van der Waals surface area contributed by atoms with E-state index in [2.05, 4.69) is 5.32 Å². The molecule has 0 bridgehead atoms. The van der Waals surface area contributed by atoms with E-state index in [0.717, 1.165) is 24.8 Å². The molecule has 1 atom stereocenters. The fraction of sp³-hybridized carbons (Fsp3) is 0.364. The topological polar surface area (TPSA) is 38.3 Å². The van der Waals surface area contributed by atoms with Crippen molar-refractivity contribution in [3.05, 3.63) is 35.4 Å². The van der Waals surface area contributed by atoms with Crippen LogP contribution in [0.25, 0.3) is 0 Å². The first-order valence-electron chi connectivity index (χ1n) is 4.67. The number of hydrogen-bond donors (Lipinski definition) is 1. The summed E-state index contributed by atoms with van der Waals surface area (Å²) >= 11 is 0. The van der Waals surface area contributed by atoms with Crippen LogP contribution in [0.5, 0.6) is 0 Å². The Hall–Kier alpha value is -1.19. The highest BCUT2D eigenvalue weighted by Crippen LogP contribution is 2.33. The molecule has 1 heterocycles. The highest BCUT2D eigenvalue weighted by Gasteiger charge is 2.39. The Kier molecular flexibility index (Phi) is 2.35. The summed E-state index contributed by atoms with van der Waals surface area (Å²) in [6, 6.07) is 7.51. The minimum atomic E-state index is -0.433. The zero-order valence-electron chi connectivity index (χ0n) is 8.12. The highest BCUT2D eigenvalue weighted by atomic mass is 16.5. The van der Waals surface area contributed by atoms with Crippen LogP contribution in [0.3, 0.4) is 0 Å². The van der Waals surface area contributed by atoms with Gasteiger partial charge in [-0.3, -0.25) is 10.1 Å². The molecule has 0 radical (unpaired) electrons.